The molecule has 0 aromatic heterocycles. The summed E-state index contributed by atoms with van der Waals surface area (Å²) in [6.45, 7) is 8.92. The average molecular weight is 286 g/mol. The summed E-state index contributed by atoms with van der Waals surface area (Å²) >= 11 is 0. The van der Waals surface area contributed by atoms with Gasteiger partial charge in [-0.2, -0.15) is 0 Å². The van der Waals surface area contributed by atoms with E-state index in [4.69, 9.17) is 14.2 Å². The molecule has 0 heterocycles. The molecule has 0 radical (unpaired) electrons. The van der Waals surface area contributed by atoms with Crippen molar-refractivity contribution in [2.24, 2.45) is 17.8 Å². The van der Waals surface area contributed by atoms with Crippen LogP contribution < -0.4 is 0 Å². The van der Waals surface area contributed by atoms with Crippen LogP contribution in [0.3, 0.4) is 0 Å². The molecule has 0 amide bonds. The lowest BCUT2D eigenvalue weighted by Gasteiger charge is -2.19. The summed E-state index contributed by atoms with van der Waals surface area (Å²) in [7, 11) is 0. The molecule has 0 aromatic carbocycles. The molecule has 0 aromatic rings. The van der Waals surface area contributed by atoms with Gasteiger partial charge < -0.3 is 14.2 Å². The second kappa shape index (κ2) is 6.24. The van der Waals surface area contributed by atoms with Crippen LogP contribution >= 0.6 is 0 Å². The number of carbonyl (C=O) groups is 3. The van der Waals surface area contributed by atoms with Crippen LogP contribution in [0.4, 0.5) is 0 Å². The fraction of sp³-hybridized carbons (Fsp3) is 0.786. The van der Waals surface area contributed by atoms with Gasteiger partial charge in [-0.05, 0) is 34.6 Å². The zero-order valence-electron chi connectivity index (χ0n) is 12.6. The van der Waals surface area contributed by atoms with Crippen LogP contribution in [0.2, 0.25) is 0 Å². The second-order valence-corrected chi connectivity index (χ2v) is 5.61. The minimum atomic E-state index is -0.799. The van der Waals surface area contributed by atoms with Crippen LogP contribution in [0, 0.1) is 17.8 Å². The normalized spacial score (nSPS) is 24.8. The number of hydrogen-bond acceptors (Lipinski definition) is 6. The van der Waals surface area contributed by atoms with Crippen LogP contribution in [0.15, 0.2) is 0 Å². The Morgan fingerprint density at radius 3 is 1.45 bits per heavy atom. The first-order valence-electron chi connectivity index (χ1n) is 6.79. The van der Waals surface area contributed by atoms with Crippen LogP contribution in [0.1, 0.15) is 34.6 Å². The lowest BCUT2D eigenvalue weighted by molar-refractivity contribution is -0.160. The third-order valence-electron chi connectivity index (χ3n) is 2.82. The number of rotatable bonds is 5. The highest BCUT2D eigenvalue weighted by Gasteiger charge is 2.65. The maximum Gasteiger partial charge on any atom is 0.311 e. The Bertz CT molecular complexity index is 371. The number of esters is 3. The van der Waals surface area contributed by atoms with Crippen molar-refractivity contribution in [2.75, 3.05) is 13.2 Å². The lowest BCUT2D eigenvalue weighted by atomic mass is 10.2. The van der Waals surface area contributed by atoms with Gasteiger partial charge in [0.2, 0.25) is 0 Å². The maximum absolute atomic E-state index is 12.0. The Kier molecular flexibility index (Phi) is 5.14. The van der Waals surface area contributed by atoms with E-state index >= 15 is 0 Å². The molecule has 0 saturated heterocycles. The molecule has 1 saturated carbocycles. The van der Waals surface area contributed by atoms with E-state index in [1.165, 1.54) is 0 Å². The van der Waals surface area contributed by atoms with E-state index in [0.717, 1.165) is 0 Å². The van der Waals surface area contributed by atoms with Gasteiger partial charge in [-0.3, -0.25) is 14.4 Å². The Balaban J connectivity index is 2.78. The minimum absolute atomic E-state index is 0.200. The van der Waals surface area contributed by atoms with Crippen molar-refractivity contribution in [3.05, 3.63) is 0 Å². The monoisotopic (exact) mass is 286 g/mol. The summed E-state index contributed by atoms with van der Waals surface area (Å²) in [6, 6.07) is 0. The maximum atomic E-state index is 12.0. The standard InChI is InChI=1S/C14H22O6/c1-6-18-11(15)8-9(12(16)19-7-2)10(8)13(17)20-14(3,4)5/h8-10H,6-7H2,1-5H3/t8-,9+,10?. The van der Waals surface area contributed by atoms with Crippen molar-refractivity contribution in [1.82, 2.24) is 0 Å². The molecule has 6 heteroatoms. The largest absolute Gasteiger partial charge is 0.466 e. The smallest absolute Gasteiger partial charge is 0.311 e. The Morgan fingerprint density at radius 2 is 1.15 bits per heavy atom. The molecular formula is C14H22O6. The van der Waals surface area contributed by atoms with Gasteiger partial charge in [-0.15, -0.1) is 0 Å². The SMILES string of the molecule is CCOC(=O)[C@@H]1C(C(=O)OC(C)(C)C)[C@@H]1C(=O)OCC. The number of ether oxygens (including phenoxy) is 3. The van der Waals surface area contributed by atoms with Crippen molar-refractivity contribution in [1.29, 1.82) is 0 Å². The molecule has 0 bridgehead atoms. The van der Waals surface area contributed by atoms with Gasteiger partial charge >= 0.3 is 17.9 Å². The fourth-order valence-electron chi connectivity index (χ4n) is 2.04. The highest BCUT2D eigenvalue weighted by molar-refractivity contribution is 5.97. The average Bonchev–Trinajstić information content (AvgIpc) is 3.02. The molecule has 1 rings (SSSR count). The molecule has 0 aliphatic heterocycles. The van der Waals surface area contributed by atoms with Gasteiger partial charge in [-0.1, -0.05) is 0 Å². The van der Waals surface area contributed by atoms with E-state index in [1.807, 2.05) is 0 Å². The first-order valence-corrected chi connectivity index (χ1v) is 6.79. The van der Waals surface area contributed by atoms with Gasteiger partial charge in [0.05, 0.1) is 31.0 Å². The third-order valence-corrected chi connectivity index (χ3v) is 2.82. The van der Waals surface area contributed by atoms with Gasteiger partial charge in [0.1, 0.15) is 5.60 Å². The van der Waals surface area contributed by atoms with Crippen LogP contribution in [-0.4, -0.2) is 36.7 Å². The minimum Gasteiger partial charge on any atom is -0.466 e. The van der Waals surface area contributed by atoms with Crippen LogP contribution in [0.5, 0.6) is 0 Å². The van der Waals surface area contributed by atoms with Gasteiger partial charge in [0.25, 0.3) is 0 Å². The van der Waals surface area contributed by atoms with Crippen molar-refractivity contribution in [3.8, 4) is 0 Å². The summed E-state index contributed by atoms with van der Waals surface area (Å²) in [6.07, 6.45) is 0. The zero-order valence-corrected chi connectivity index (χ0v) is 12.6. The molecule has 114 valence electrons. The van der Waals surface area contributed by atoms with Crippen LogP contribution in [0.25, 0.3) is 0 Å². The first-order chi connectivity index (χ1) is 9.22. The topological polar surface area (TPSA) is 78.9 Å². The second-order valence-electron chi connectivity index (χ2n) is 5.61. The van der Waals surface area contributed by atoms with Crippen molar-refractivity contribution >= 4 is 17.9 Å². The highest BCUT2D eigenvalue weighted by Crippen LogP contribution is 2.49. The van der Waals surface area contributed by atoms with E-state index < -0.39 is 41.3 Å². The third kappa shape index (κ3) is 3.95. The van der Waals surface area contributed by atoms with Gasteiger partial charge in [0.15, 0.2) is 0 Å². The van der Waals surface area contributed by atoms with E-state index in [2.05, 4.69) is 0 Å². The zero-order chi connectivity index (χ0) is 15.5. The van der Waals surface area contributed by atoms with Gasteiger partial charge in [0, 0.05) is 0 Å². The molecule has 0 spiro atoms. The Morgan fingerprint density at radius 1 is 0.800 bits per heavy atom. The quantitative estimate of drug-likeness (QED) is 0.560. The van der Waals surface area contributed by atoms with Gasteiger partial charge in [-0.25, -0.2) is 0 Å². The fourth-order valence-corrected chi connectivity index (χ4v) is 2.04. The highest BCUT2D eigenvalue weighted by atomic mass is 16.6. The summed E-state index contributed by atoms with van der Waals surface area (Å²) < 4.78 is 15.0. The van der Waals surface area contributed by atoms with E-state index in [0.29, 0.717) is 0 Å². The first kappa shape index (κ1) is 16.5. The molecule has 6 nitrogen and oxygen atoms in total. The molecule has 1 aliphatic rings. The van der Waals surface area contributed by atoms with E-state index in [-0.39, 0.29) is 13.2 Å². The predicted molar refractivity (Wildman–Crippen MR) is 69.6 cm³/mol. The Labute approximate surface area is 118 Å². The molecule has 1 aliphatic carbocycles. The lowest BCUT2D eigenvalue weighted by Crippen LogP contribution is -2.26. The molecule has 3 atom stereocenters. The van der Waals surface area contributed by atoms with Crippen molar-refractivity contribution in [2.45, 2.75) is 40.2 Å². The summed E-state index contributed by atoms with van der Waals surface area (Å²) in [5.41, 5.74) is -0.669. The van der Waals surface area contributed by atoms with Crippen LogP contribution in [-0.2, 0) is 28.6 Å². The predicted octanol–water partition coefficient (Wildman–Crippen LogP) is 1.32. The summed E-state index contributed by atoms with van der Waals surface area (Å²) in [4.78, 5) is 35.6. The van der Waals surface area contributed by atoms with Crippen molar-refractivity contribution < 1.29 is 28.6 Å². The van der Waals surface area contributed by atoms with E-state index in [1.54, 1.807) is 34.6 Å². The molecule has 1 fully saturated rings. The molecular weight excluding hydrogens is 264 g/mol. The molecule has 1 unspecified atom stereocenters. The summed E-state index contributed by atoms with van der Waals surface area (Å²) in [5, 5.41) is 0. The van der Waals surface area contributed by atoms with E-state index in [9.17, 15) is 14.4 Å². The Hall–Kier alpha value is -1.59. The molecule has 20 heavy (non-hydrogen) atoms. The van der Waals surface area contributed by atoms with Crippen molar-refractivity contribution in [3.63, 3.8) is 0 Å². The number of carbonyl (C=O) groups excluding carboxylic acids is 3. The number of hydrogen-bond donors (Lipinski definition) is 0. The summed E-state index contributed by atoms with van der Waals surface area (Å²) in [5.74, 6) is -4.04. The molecule has 0 N–H and O–H groups in total.